The Kier molecular flexibility index (Phi) is 23.7. The summed E-state index contributed by atoms with van der Waals surface area (Å²) < 4.78 is 0. The molecule has 0 aliphatic rings. The Labute approximate surface area is 377 Å². The lowest BCUT2D eigenvalue weighted by molar-refractivity contribution is -0.129. The molecule has 0 heterocycles. The minimum atomic E-state index is -0.951. The maximum absolute atomic E-state index is 14.0. The third kappa shape index (κ3) is 21.9. The standard InChI is InChI=1S/C44H61N13O8/c45-21-23-48-35(58)17-18-36(59)49-24-25-50-37(60)19-20-38(61)51-26-27-53-44(65)57-42(46)52-22-7-12-34(40(62)54-28-30-13-15-31(16-14-30)29-55-43(47)64)56-41(63)39(32-8-3-1-4-9-32)33-10-5-2-6-11-33/h1-6,8-11,13-16,34,39H,7,12,17-29,45H2,(H,48,58)(H,49,59)(H,50,60)(H,51,61)(H,54,62)(H,56,63)(H3,47,55,64)(H4,46,52,53,57,65)/t34-/m0/s1. The summed E-state index contributed by atoms with van der Waals surface area (Å²) in [6, 6.07) is 23.4. The predicted octanol–water partition coefficient (Wildman–Crippen LogP) is -0.834. The molecule has 0 aromatic heterocycles. The van der Waals surface area contributed by atoms with Crippen LogP contribution in [-0.2, 0) is 41.9 Å². The molecule has 3 rings (SSSR count). The van der Waals surface area contributed by atoms with E-state index in [4.69, 9.17) is 17.2 Å². The molecule has 65 heavy (non-hydrogen) atoms. The average Bonchev–Trinajstić information content (AvgIpc) is 3.30. The van der Waals surface area contributed by atoms with Crippen molar-refractivity contribution in [1.82, 2.24) is 47.9 Å². The van der Waals surface area contributed by atoms with Gasteiger partial charge in [-0.15, -0.1) is 0 Å². The van der Waals surface area contributed by atoms with E-state index in [9.17, 15) is 38.4 Å². The summed E-state index contributed by atoms with van der Waals surface area (Å²) in [5.41, 5.74) is 19.5. The lowest BCUT2D eigenvalue weighted by atomic mass is 9.90. The van der Waals surface area contributed by atoms with E-state index in [-0.39, 0.29) is 108 Å². The summed E-state index contributed by atoms with van der Waals surface area (Å²) in [5, 5.41) is 23.6. The average molecular weight is 900 g/mol. The summed E-state index contributed by atoms with van der Waals surface area (Å²) in [7, 11) is 0. The molecule has 3 aromatic carbocycles. The summed E-state index contributed by atoms with van der Waals surface area (Å²) in [5.74, 6) is -3.07. The Balaban J connectivity index is 1.42. The Morgan fingerprint density at radius 2 is 0.969 bits per heavy atom. The molecular formula is C44H61N13O8. The topological polar surface area (TPSA) is 335 Å². The first-order valence-corrected chi connectivity index (χ1v) is 21.2. The van der Waals surface area contributed by atoms with Crippen molar-refractivity contribution >= 4 is 53.5 Å². The van der Waals surface area contributed by atoms with Crippen LogP contribution in [0.5, 0.6) is 0 Å². The van der Waals surface area contributed by atoms with E-state index in [0.717, 1.165) is 22.3 Å². The number of hydrogen-bond acceptors (Lipinski definition) is 10. The predicted molar refractivity (Wildman–Crippen MR) is 243 cm³/mol. The summed E-state index contributed by atoms with van der Waals surface area (Å²) in [4.78, 5) is 103. The molecule has 15 N–H and O–H groups in total. The van der Waals surface area contributed by atoms with E-state index in [0.29, 0.717) is 19.5 Å². The monoisotopic (exact) mass is 899 g/mol. The van der Waals surface area contributed by atoms with Gasteiger partial charge in [0.05, 0.1) is 5.92 Å². The highest BCUT2D eigenvalue weighted by Gasteiger charge is 2.28. The normalized spacial score (nSPS) is 11.3. The number of aliphatic imine (C=N–C) groups is 1. The first kappa shape index (κ1) is 51.8. The lowest BCUT2D eigenvalue weighted by Gasteiger charge is -2.23. The summed E-state index contributed by atoms with van der Waals surface area (Å²) in [6.45, 7) is 1.62. The van der Waals surface area contributed by atoms with Crippen molar-refractivity contribution in [3.63, 3.8) is 0 Å². The zero-order valence-corrected chi connectivity index (χ0v) is 36.3. The van der Waals surface area contributed by atoms with Gasteiger partial charge in [-0.3, -0.25) is 39.1 Å². The summed E-state index contributed by atoms with van der Waals surface area (Å²) >= 11 is 0. The van der Waals surface area contributed by atoms with Crippen molar-refractivity contribution in [3.8, 4) is 0 Å². The SMILES string of the molecule is NCCNC(=O)CCC(=O)NCCNC(=O)CCC(=O)NCCNC(=O)NC(N)=NCCC[C@H](NC(=O)C(c1ccccc1)c1ccccc1)C(=O)NCc1ccc(CNC(N)=O)cc1. The van der Waals surface area contributed by atoms with E-state index < -0.39 is 35.8 Å². The molecule has 0 aliphatic carbocycles. The zero-order valence-electron chi connectivity index (χ0n) is 36.3. The number of primary amides is 1. The molecule has 10 amide bonds. The third-order valence-electron chi connectivity index (χ3n) is 9.42. The van der Waals surface area contributed by atoms with Crippen molar-refractivity contribution in [3.05, 3.63) is 107 Å². The second kappa shape index (κ2) is 29.7. The molecule has 0 unspecified atom stereocenters. The molecule has 3 aromatic rings. The molecule has 0 aliphatic heterocycles. The molecule has 350 valence electrons. The van der Waals surface area contributed by atoms with Crippen molar-refractivity contribution in [2.24, 2.45) is 22.2 Å². The van der Waals surface area contributed by atoms with Crippen LogP contribution < -0.4 is 65.1 Å². The number of guanidine groups is 1. The maximum atomic E-state index is 14.0. The number of rotatable bonds is 27. The molecular weight excluding hydrogens is 839 g/mol. The Morgan fingerprint density at radius 1 is 0.523 bits per heavy atom. The van der Waals surface area contributed by atoms with E-state index in [2.05, 4.69) is 52.8 Å². The fourth-order valence-electron chi connectivity index (χ4n) is 6.08. The number of carbonyl (C=O) groups is 8. The highest BCUT2D eigenvalue weighted by molar-refractivity contribution is 5.95. The van der Waals surface area contributed by atoms with Crippen LogP contribution in [0.25, 0.3) is 0 Å². The van der Waals surface area contributed by atoms with Gasteiger partial charge in [-0.1, -0.05) is 84.9 Å². The largest absolute Gasteiger partial charge is 0.370 e. The molecule has 21 heteroatoms. The van der Waals surface area contributed by atoms with Gasteiger partial charge in [0, 0.05) is 84.6 Å². The van der Waals surface area contributed by atoms with Crippen LogP contribution in [-0.4, -0.2) is 105 Å². The van der Waals surface area contributed by atoms with Crippen LogP contribution in [0, 0.1) is 0 Å². The number of carbonyl (C=O) groups excluding carboxylic acids is 8. The number of hydrogen-bond donors (Lipinski definition) is 12. The van der Waals surface area contributed by atoms with Gasteiger partial charge < -0.3 is 59.7 Å². The fourth-order valence-corrected chi connectivity index (χ4v) is 6.08. The number of benzene rings is 3. The van der Waals surface area contributed by atoms with E-state index in [1.165, 1.54) is 0 Å². The second-order valence-electron chi connectivity index (χ2n) is 14.5. The first-order chi connectivity index (χ1) is 31.3. The molecule has 0 saturated heterocycles. The molecule has 0 radical (unpaired) electrons. The molecule has 21 nitrogen and oxygen atoms in total. The van der Waals surface area contributed by atoms with Crippen LogP contribution in [0.3, 0.4) is 0 Å². The van der Waals surface area contributed by atoms with Crippen molar-refractivity contribution in [1.29, 1.82) is 0 Å². The zero-order chi connectivity index (χ0) is 47.2. The highest BCUT2D eigenvalue weighted by Crippen LogP contribution is 2.25. The number of nitrogens with one attached hydrogen (secondary N) is 9. The lowest BCUT2D eigenvalue weighted by Crippen LogP contribution is -2.48. The van der Waals surface area contributed by atoms with Crippen LogP contribution >= 0.6 is 0 Å². The van der Waals surface area contributed by atoms with Crippen LogP contribution in [0.2, 0.25) is 0 Å². The van der Waals surface area contributed by atoms with Crippen molar-refractivity contribution in [2.75, 3.05) is 45.8 Å². The first-order valence-electron chi connectivity index (χ1n) is 21.2. The Hall–Kier alpha value is -7.55. The summed E-state index contributed by atoms with van der Waals surface area (Å²) in [6.07, 6.45) is 0.344. The van der Waals surface area contributed by atoms with E-state index >= 15 is 0 Å². The molecule has 0 spiro atoms. The number of amides is 10. The van der Waals surface area contributed by atoms with Gasteiger partial charge in [-0.2, -0.15) is 0 Å². The minimum Gasteiger partial charge on any atom is -0.370 e. The Bertz CT molecular complexity index is 2000. The number of nitrogens with two attached hydrogens (primary N) is 3. The van der Waals surface area contributed by atoms with Gasteiger partial charge in [0.25, 0.3) is 0 Å². The van der Waals surface area contributed by atoms with Crippen molar-refractivity contribution in [2.45, 2.75) is 63.6 Å². The van der Waals surface area contributed by atoms with E-state index in [1.54, 1.807) is 12.1 Å². The van der Waals surface area contributed by atoms with Gasteiger partial charge in [-0.25, -0.2) is 9.59 Å². The van der Waals surface area contributed by atoms with Gasteiger partial charge >= 0.3 is 12.1 Å². The smallest absolute Gasteiger partial charge is 0.321 e. The van der Waals surface area contributed by atoms with Crippen LogP contribution in [0.4, 0.5) is 9.59 Å². The van der Waals surface area contributed by atoms with Gasteiger partial charge in [0.1, 0.15) is 6.04 Å². The van der Waals surface area contributed by atoms with Crippen LogP contribution in [0.15, 0.2) is 89.9 Å². The molecule has 0 fully saturated rings. The third-order valence-corrected chi connectivity index (χ3v) is 9.42. The quantitative estimate of drug-likeness (QED) is 0.0256. The maximum Gasteiger partial charge on any atom is 0.321 e. The van der Waals surface area contributed by atoms with Gasteiger partial charge in [0.15, 0.2) is 5.96 Å². The fraction of sp³-hybridized carbons (Fsp3) is 0.386. The molecule has 0 saturated carbocycles. The molecule has 0 bridgehead atoms. The van der Waals surface area contributed by atoms with E-state index in [1.807, 2.05) is 72.8 Å². The number of urea groups is 2. The van der Waals surface area contributed by atoms with Gasteiger partial charge in [-0.05, 0) is 35.1 Å². The van der Waals surface area contributed by atoms with Crippen molar-refractivity contribution < 1.29 is 38.4 Å². The van der Waals surface area contributed by atoms with Crippen LogP contribution in [0.1, 0.15) is 66.7 Å². The Morgan fingerprint density at radius 3 is 1.43 bits per heavy atom. The highest BCUT2D eigenvalue weighted by atomic mass is 16.2. The number of nitrogens with zero attached hydrogens (tertiary/aromatic N) is 1. The molecule has 1 atom stereocenters. The minimum absolute atomic E-state index is 0.00308. The second-order valence-corrected chi connectivity index (χ2v) is 14.5. The van der Waals surface area contributed by atoms with Gasteiger partial charge in [0.2, 0.25) is 35.4 Å².